The molecular formula is C20H17ClN4OS2. The fourth-order valence-electron chi connectivity index (χ4n) is 2.69. The fraction of sp³-hybridized carbons (Fsp3) is 0.200. The Morgan fingerprint density at radius 3 is 2.79 bits per heavy atom. The van der Waals surface area contributed by atoms with Gasteiger partial charge in [0.05, 0.1) is 16.9 Å². The lowest BCUT2D eigenvalue weighted by Gasteiger charge is -2.18. The molecule has 2 heterocycles. The van der Waals surface area contributed by atoms with Crippen molar-refractivity contribution < 1.29 is 4.79 Å². The molecule has 8 heteroatoms. The maximum atomic E-state index is 12.2. The Balaban J connectivity index is 1.83. The normalized spacial score (nSPS) is 10.5. The first-order chi connectivity index (χ1) is 13.4. The van der Waals surface area contributed by atoms with Crippen molar-refractivity contribution >= 4 is 51.4 Å². The molecule has 0 saturated carbocycles. The van der Waals surface area contributed by atoms with Gasteiger partial charge in [-0.25, -0.2) is 9.97 Å². The number of amides is 1. The minimum Gasteiger partial charge on any atom is -0.274 e. The highest BCUT2D eigenvalue weighted by atomic mass is 35.5. The van der Waals surface area contributed by atoms with Gasteiger partial charge in [-0.2, -0.15) is 5.26 Å². The van der Waals surface area contributed by atoms with Crippen LogP contribution >= 0.6 is 34.7 Å². The number of nitrogens with zero attached hydrogens (tertiary/aromatic N) is 4. The van der Waals surface area contributed by atoms with E-state index in [2.05, 4.69) is 16.0 Å². The van der Waals surface area contributed by atoms with E-state index in [0.29, 0.717) is 32.2 Å². The molecule has 2 aromatic heterocycles. The van der Waals surface area contributed by atoms with Crippen molar-refractivity contribution in [2.24, 2.45) is 0 Å². The van der Waals surface area contributed by atoms with E-state index in [0.717, 1.165) is 17.0 Å². The van der Waals surface area contributed by atoms with Crippen LogP contribution in [0.3, 0.4) is 0 Å². The van der Waals surface area contributed by atoms with Crippen LogP contribution in [0, 0.1) is 25.2 Å². The molecule has 0 saturated heterocycles. The zero-order valence-electron chi connectivity index (χ0n) is 15.6. The highest BCUT2D eigenvalue weighted by Gasteiger charge is 2.19. The molecule has 0 spiro atoms. The van der Waals surface area contributed by atoms with Gasteiger partial charge in [0.2, 0.25) is 5.91 Å². The smallest absolute Gasteiger partial charge is 0.230 e. The first-order valence-corrected chi connectivity index (χ1v) is 10.6. The number of hydrogen-bond donors (Lipinski definition) is 0. The number of hydrogen-bond acceptors (Lipinski definition) is 6. The van der Waals surface area contributed by atoms with Gasteiger partial charge in [0.15, 0.2) is 5.13 Å². The van der Waals surface area contributed by atoms with Crippen molar-refractivity contribution in [3.05, 3.63) is 63.2 Å². The van der Waals surface area contributed by atoms with Crippen molar-refractivity contribution in [2.75, 3.05) is 4.90 Å². The highest BCUT2D eigenvalue weighted by Crippen LogP contribution is 2.33. The molecule has 3 aromatic rings. The summed E-state index contributed by atoms with van der Waals surface area (Å²) in [7, 11) is 0. The van der Waals surface area contributed by atoms with E-state index < -0.39 is 0 Å². The number of thioether (sulfide) groups is 1. The number of aryl methyl sites for hydroxylation is 2. The predicted octanol–water partition coefficient (Wildman–Crippen LogP) is 5.66. The maximum Gasteiger partial charge on any atom is 0.230 e. The van der Waals surface area contributed by atoms with Gasteiger partial charge in [-0.3, -0.25) is 9.69 Å². The molecule has 5 nitrogen and oxygen atoms in total. The summed E-state index contributed by atoms with van der Waals surface area (Å²) in [6, 6.07) is 11.2. The summed E-state index contributed by atoms with van der Waals surface area (Å²) < 4.78 is 0. The van der Waals surface area contributed by atoms with Gasteiger partial charge < -0.3 is 0 Å². The van der Waals surface area contributed by atoms with E-state index in [1.807, 2.05) is 31.4 Å². The van der Waals surface area contributed by atoms with E-state index in [1.54, 1.807) is 23.1 Å². The van der Waals surface area contributed by atoms with E-state index in [9.17, 15) is 10.1 Å². The molecule has 0 unspecified atom stereocenters. The fourth-order valence-corrected chi connectivity index (χ4v) is 4.86. The third-order valence-corrected chi connectivity index (χ3v) is 6.01. The molecule has 0 aliphatic rings. The molecule has 0 radical (unpaired) electrons. The lowest BCUT2D eigenvalue weighted by molar-refractivity contribution is -0.115. The number of anilines is 2. The Morgan fingerprint density at radius 2 is 2.11 bits per heavy atom. The first-order valence-electron chi connectivity index (χ1n) is 8.41. The number of thiazole rings is 1. The second kappa shape index (κ2) is 8.74. The topological polar surface area (TPSA) is 69.9 Å². The molecule has 0 fully saturated rings. The van der Waals surface area contributed by atoms with E-state index >= 15 is 0 Å². The van der Waals surface area contributed by atoms with Gasteiger partial charge in [-0.1, -0.05) is 29.4 Å². The van der Waals surface area contributed by atoms with Gasteiger partial charge in [-0.15, -0.1) is 11.3 Å². The van der Waals surface area contributed by atoms with Gasteiger partial charge in [0.25, 0.3) is 0 Å². The van der Waals surface area contributed by atoms with Gasteiger partial charge in [0.1, 0.15) is 11.1 Å². The Bertz CT molecular complexity index is 1070. The Kier molecular flexibility index (Phi) is 6.35. The minimum absolute atomic E-state index is 0.140. The average molecular weight is 429 g/mol. The van der Waals surface area contributed by atoms with Gasteiger partial charge in [-0.05, 0) is 43.7 Å². The number of halogens is 1. The molecule has 3 rings (SSSR count). The lowest BCUT2D eigenvalue weighted by atomic mass is 10.1. The summed E-state index contributed by atoms with van der Waals surface area (Å²) in [6.07, 6.45) is 0. The molecule has 28 heavy (non-hydrogen) atoms. The number of aromatic nitrogens is 2. The second-order valence-corrected chi connectivity index (χ2v) is 8.35. The van der Waals surface area contributed by atoms with Crippen LogP contribution < -0.4 is 4.90 Å². The number of pyridine rings is 1. The number of benzene rings is 1. The van der Waals surface area contributed by atoms with Crippen molar-refractivity contribution in [3.63, 3.8) is 0 Å². The monoisotopic (exact) mass is 428 g/mol. The van der Waals surface area contributed by atoms with E-state index in [4.69, 9.17) is 11.6 Å². The largest absolute Gasteiger partial charge is 0.274 e. The van der Waals surface area contributed by atoms with Crippen LogP contribution in [0.4, 0.5) is 10.8 Å². The van der Waals surface area contributed by atoms with E-state index in [-0.39, 0.29) is 5.91 Å². The highest BCUT2D eigenvalue weighted by molar-refractivity contribution is 7.98. The van der Waals surface area contributed by atoms with Crippen LogP contribution in [0.25, 0.3) is 0 Å². The predicted molar refractivity (Wildman–Crippen MR) is 114 cm³/mol. The Labute approximate surface area is 177 Å². The number of carbonyl (C=O) groups excluding carboxylic acids is 1. The summed E-state index contributed by atoms with van der Waals surface area (Å²) in [6.45, 7) is 5.32. The Morgan fingerprint density at radius 1 is 1.32 bits per heavy atom. The molecule has 0 atom stereocenters. The number of rotatable bonds is 5. The lowest BCUT2D eigenvalue weighted by Crippen LogP contribution is -2.22. The standard InChI is InChI=1S/C20H17ClN4OS2/c1-12-7-13(2)23-19(18(12)9-22)27-10-16-11-28-20(24-16)25(14(3)26)17-6-4-5-15(21)8-17/h4-8,11H,10H2,1-3H3. The quantitative estimate of drug-likeness (QED) is 0.490. The van der Waals surface area contributed by atoms with E-state index in [1.165, 1.54) is 30.0 Å². The molecule has 1 aromatic carbocycles. The third-order valence-electron chi connectivity index (χ3n) is 3.89. The summed E-state index contributed by atoms with van der Waals surface area (Å²) in [5.41, 5.74) is 3.89. The van der Waals surface area contributed by atoms with Crippen LogP contribution in [0.15, 0.2) is 40.7 Å². The third kappa shape index (κ3) is 4.53. The summed E-state index contributed by atoms with van der Waals surface area (Å²) in [4.78, 5) is 22.8. The minimum atomic E-state index is -0.140. The maximum absolute atomic E-state index is 12.2. The van der Waals surface area contributed by atoms with Crippen molar-refractivity contribution in [1.82, 2.24) is 9.97 Å². The number of nitriles is 1. The summed E-state index contributed by atoms with van der Waals surface area (Å²) in [5.74, 6) is 0.418. The summed E-state index contributed by atoms with van der Waals surface area (Å²) in [5, 5.41) is 13.2. The van der Waals surface area contributed by atoms with Crippen molar-refractivity contribution in [1.29, 1.82) is 5.26 Å². The van der Waals surface area contributed by atoms with Crippen molar-refractivity contribution in [3.8, 4) is 6.07 Å². The van der Waals surface area contributed by atoms with Gasteiger partial charge in [0, 0.05) is 28.8 Å². The second-order valence-electron chi connectivity index (χ2n) is 6.12. The molecule has 0 bridgehead atoms. The molecule has 142 valence electrons. The molecule has 0 aliphatic heterocycles. The van der Waals surface area contributed by atoms with Crippen LogP contribution in [0.1, 0.15) is 29.4 Å². The van der Waals surface area contributed by atoms with Crippen LogP contribution in [0.2, 0.25) is 5.02 Å². The van der Waals surface area contributed by atoms with Crippen LogP contribution in [0.5, 0.6) is 0 Å². The molecule has 1 amide bonds. The Hall–Kier alpha value is -2.40. The van der Waals surface area contributed by atoms with Crippen molar-refractivity contribution in [2.45, 2.75) is 31.6 Å². The average Bonchev–Trinajstić information content (AvgIpc) is 3.08. The summed E-state index contributed by atoms with van der Waals surface area (Å²) >= 11 is 8.93. The molecule has 0 aliphatic carbocycles. The first kappa shape index (κ1) is 20.3. The SMILES string of the molecule is CC(=O)N(c1cccc(Cl)c1)c1nc(CSc2nc(C)cc(C)c2C#N)cs1. The molecule has 0 N–H and O–H groups in total. The van der Waals surface area contributed by atoms with Crippen LogP contribution in [-0.4, -0.2) is 15.9 Å². The van der Waals surface area contributed by atoms with Crippen LogP contribution in [-0.2, 0) is 10.5 Å². The van der Waals surface area contributed by atoms with Gasteiger partial charge >= 0.3 is 0 Å². The molecular weight excluding hydrogens is 412 g/mol. The zero-order chi connectivity index (χ0) is 20.3. The zero-order valence-corrected chi connectivity index (χ0v) is 18.0. The number of carbonyl (C=O) groups is 1.